The van der Waals surface area contributed by atoms with E-state index in [1.165, 1.54) is 12.8 Å². The van der Waals surface area contributed by atoms with Gasteiger partial charge in [-0.1, -0.05) is 6.07 Å². The van der Waals surface area contributed by atoms with Crippen LogP contribution in [0.15, 0.2) is 17.5 Å². The molecule has 3 heteroatoms. The Morgan fingerprint density at radius 3 is 3.00 bits per heavy atom. The lowest BCUT2D eigenvalue weighted by Crippen LogP contribution is -2.35. The molecule has 13 heavy (non-hydrogen) atoms. The Morgan fingerprint density at radius 1 is 1.69 bits per heavy atom. The maximum atomic E-state index is 10.1. The molecule has 1 heterocycles. The van der Waals surface area contributed by atoms with Crippen molar-refractivity contribution in [2.45, 2.75) is 31.4 Å². The van der Waals surface area contributed by atoms with Crippen molar-refractivity contribution in [1.29, 1.82) is 0 Å². The Hall–Kier alpha value is -0.380. The zero-order chi connectivity index (χ0) is 9.31. The average molecular weight is 197 g/mol. The molecule has 1 aliphatic carbocycles. The molecule has 1 aromatic heterocycles. The second-order valence-corrected chi connectivity index (χ2v) is 4.85. The molecule has 2 nitrogen and oxygen atoms in total. The van der Waals surface area contributed by atoms with E-state index in [0.717, 1.165) is 4.88 Å². The predicted octanol–water partition coefficient (Wildman–Crippen LogP) is 1.71. The second kappa shape index (κ2) is 3.40. The van der Waals surface area contributed by atoms with Crippen molar-refractivity contribution in [1.82, 2.24) is 5.32 Å². The Labute approximate surface area is 82.6 Å². The van der Waals surface area contributed by atoms with E-state index < -0.39 is 5.60 Å². The van der Waals surface area contributed by atoms with Gasteiger partial charge in [-0.05, 0) is 31.2 Å². The number of nitrogens with one attached hydrogen (secondary N) is 1. The summed E-state index contributed by atoms with van der Waals surface area (Å²) in [5, 5.41) is 15.4. The molecule has 1 fully saturated rings. The maximum Gasteiger partial charge on any atom is 0.108 e. The molecule has 0 radical (unpaired) electrons. The van der Waals surface area contributed by atoms with Crippen LogP contribution < -0.4 is 5.32 Å². The molecule has 0 saturated heterocycles. The largest absolute Gasteiger partial charge is 0.383 e. The SMILES string of the molecule is CC(O)(CNC1CC1)c1cccs1. The van der Waals surface area contributed by atoms with Gasteiger partial charge < -0.3 is 10.4 Å². The molecule has 0 spiro atoms. The standard InChI is InChI=1S/C10H15NOS/c1-10(12,7-11-8-4-5-8)9-3-2-6-13-9/h2-3,6,8,11-12H,4-5,7H2,1H3. The van der Waals surface area contributed by atoms with Gasteiger partial charge in [0.1, 0.15) is 5.60 Å². The minimum Gasteiger partial charge on any atom is -0.383 e. The molecule has 1 unspecified atom stereocenters. The summed E-state index contributed by atoms with van der Waals surface area (Å²) in [4.78, 5) is 1.04. The highest BCUT2D eigenvalue weighted by atomic mass is 32.1. The molecule has 0 bridgehead atoms. The highest BCUT2D eigenvalue weighted by Crippen LogP contribution is 2.26. The summed E-state index contributed by atoms with van der Waals surface area (Å²) in [6.07, 6.45) is 2.53. The molecule has 1 saturated carbocycles. The van der Waals surface area contributed by atoms with E-state index in [4.69, 9.17) is 0 Å². The van der Waals surface area contributed by atoms with Crippen LogP contribution >= 0.6 is 11.3 Å². The van der Waals surface area contributed by atoms with Crippen LogP contribution in [0.3, 0.4) is 0 Å². The van der Waals surface area contributed by atoms with Gasteiger partial charge >= 0.3 is 0 Å². The van der Waals surface area contributed by atoms with Crippen LogP contribution in [0.25, 0.3) is 0 Å². The highest BCUT2D eigenvalue weighted by Gasteiger charge is 2.28. The topological polar surface area (TPSA) is 32.3 Å². The van der Waals surface area contributed by atoms with Gasteiger partial charge in [-0.15, -0.1) is 11.3 Å². The van der Waals surface area contributed by atoms with Crippen molar-refractivity contribution in [3.63, 3.8) is 0 Å². The number of rotatable bonds is 4. The first-order valence-electron chi connectivity index (χ1n) is 4.68. The van der Waals surface area contributed by atoms with E-state index in [2.05, 4.69) is 5.32 Å². The van der Waals surface area contributed by atoms with Gasteiger partial charge in [0.05, 0.1) is 0 Å². The first kappa shape index (κ1) is 9.19. The normalized spacial score (nSPS) is 21.4. The minimum absolute atomic E-state index is 0.659. The minimum atomic E-state index is -0.698. The third kappa shape index (κ3) is 2.30. The fourth-order valence-electron chi connectivity index (χ4n) is 1.30. The van der Waals surface area contributed by atoms with Crippen molar-refractivity contribution < 1.29 is 5.11 Å². The van der Waals surface area contributed by atoms with Crippen molar-refractivity contribution in [2.75, 3.05) is 6.54 Å². The molecule has 0 amide bonds. The summed E-state index contributed by atoms with van der Waals surface area (Å²) >= 11 is 1.61. The predicted molar refractivity (Wildman–Crippen MR) is 54.9 cm³/mol. The van der Waals surface area contributed by atoms with Crippen molar-refractivity contribution >= 4 is 11.3 Å². The Morgan fingerprint density at radius 2 is 2.46 bits per heavy atom. The van der Waals surface area contributed by atoms with Gasteiger partial charge in [-0.2, -0.15) is 0 Å². The van der Waals surface area contributed by atoms with Gasteiger partial charge in [0.15, 0.2) is 0 Å². The molecular weight excluding hydrogens is 182 g/mol. The molecule has 0 aromatic carbocycles. The molecule has 1 aromatic rings. The summed E-state index contributed by atoms with van der Waals surface area (Å²) in [5.41, 5.74) is -0.698. The third-order valence-corrected chi connectivity index (χ3v) is 3.49. The summed E-state index contributed by atoms with van der Waals surface area (Å²) in [6, 6.07) is 4.62. The third-order valence-electron chi connectivity index (χ3n) is 2.36. The van der Waals surface area contributed by atoms with Crippen LogP contribution in [-0.4, -0.2) is 17.7 Å². The Kier molecular flexibility index (Phi) is 2.41. The number of thiophene rings is 1. The first-order valence-corrected chi connectivity index (χ1v) is 5.56. The van der Waals surface area contributed by atoms with Crippen LogP contribution in [0, 0.1) is 0 Å². The fraction of sp³-hybridized carbons (Fsp3) is 0.600. The van der Waals surface area contributed by atoms with Gasteiger partial charge in [-0.25, -0.2) is 0 Å². The number of hydrogen-bond acceptors (Lipinski definition) is 3. The zero-order valence-corrected chi connectivity index (χ0v) is 8.60. The number of hydrogen-bond donors (Lipinski definition) is 2. The van der Waals surface area contributed by atoms with Gasteiger partial charge in [0.2, 0.25) is 0 Å². The van der Waals surface area contributed by atoms with E-state index in [0.29, 0.717) is 12.6 Å². The summed E-state index contributed by atoms with van der Waals surface area (Å²) < 4.78 is 0. The molecule has 0 aliphatic heterocycles. The van der Waals surface area contributed by atoms with E-state index in [1.54, 1.807) is 11.3 Å². The fourth-order valence-corrected chi connectivity index (χ4v) is 2.09. The molecule has 2 rings (SSSR count). The van der Waals surface area contributed by atoms with Gasteiger partial charge in [0.25, 0.3) is 0 Å². The maximum absolute atomic E-state index is 10.1. The van der Waals surface area contributed by atoms with E-state index in [1.807, 2.05) is 24.4 Å². The van der Waals surface area contributed by atoms with Crippen LogP contribution in [0.2, 0.25) is 0 Å². The lowest BCUT2D eigenvalue weighted by Gasteiger charge is -2.22. The van der Waals surface area contributed by atoms with Crippen molar-refractivity contribution in [3.8, 4) is 0 Å². The van der Waals surface area contributed by atoms with Crippen LogP contribution in [0.5, 0.6) is 0 Å². The van der Waals surface area contributed by atoms with E-state index >= 15 is 0 Å². The number of aliphatic hydroxyl groups is 1. The molecule has 2 N–H and O–H groups in total. The van der Waals surface area contributed by atoms with Crippen LogP contribution in [0.1, 0.15) is 24.6 Å². The molecule has 1 atom stereocenters. The van der Waals surface area contributed by atoms with Gasteiger partial charge in [0, 0.05) is 17.5 Å². The lowest BCUT2D eigenvalue weighted by molar-refractivity contribution is 0.0604. The summed E-state index contributed by atoms with van der Waals surface area (Å²) in [5.74, 6) is 0. The highest BCUT2D eigenvalue weighted by molar-refractivity contribution is 7.10. The molecular formula is C10H15NOS. The van der Waals surface area contributed by atoms with Crippen molar-refractivity contribution in [2.24, 2.45) is 0 Å². The average Bonchev–Trinajstić information content (AvgIpc) is 2.74. The summed E-state index contributed by atoms with van der Waals surface area (Å²) in [6.45, 7) is 2.53. The van der Waals surface area contributed by atoms with E-state index in [9.17, 15) is 5.11 Å². The second-order valence-electron chi connectivity index (χ2n) is 3.91. The van der Waals surface area contributed by atoms with Crippen LogP contribution in [-0.2, 0) is 5.60 Å². The van der Waals surface area contributed by atoms with Crippen LogP contribution in [0.4, 0.5) is 0 Å². The quantitative estimate of drug-likeness (QED) is 0.770. The Balaban J connectivity index is 1.93. The Bertz CT molecular complexity index is 264. The smallest absolute Gasteiger partial charge is 0.108 e. The molecule has 72 valence electrons. The zero-order valence-electron chi connectivity index (χ0n) is 7.79. The first-order chi connectivity index (χ1) is 6.18. The van der Waals surface area contributed by atoms with Crippen molar-refractivity contribution in [3.05, 3.63) is 22.4 Å². The molecule has 1 aliphatic rings. The van der Waals surface area contributed by atoms with Gasteiger partial charge in [-0.3, -0.25) is 0 Å². The summed E-state index contributed by atoms with van der Waals surface area (Å²) in [7, 11) is 0. The monoisotopic (exact) mass is 197 g/mol. The van der Waals surface area contributed by atoms with E-state index in [-0.39, 0.29) is 0 Å². The lowest BCUT2D eigenvalue weighted by atomic mass is 10.1.